The van der Waals surface area contributed by atoms with Crippen LogP contribution in [0.2, 0.25) is 0 Å². The smallest absolute Gasteiger partial charge is 0.462 e. The van der Waals surface area contributed by atoms with Gasteiger partial charge >= 0.3 is 25.7 Å². The molecule has 0 heterocycles. The van der Waals surface area contributed by atoms with Gasteiger partial charge in [0.15, 0.2) is 6.10 Å². The zero-order valence-electron chi connectivity index (χ0n) is 49.1. The fourth-order valence-electron chi connectivity index (χ4n) is 7.83. The molecule has 78 heavy (non-hydrogen) atoms. The van der Waals surface area contributed by atoms with E-state index in [2.05, 4.69) is 136 Å². The number of aliphatic hydroxyl groups is 1. The molecule has 444 valence electrons. The van der Waals surface area contributed by atoms with E-state index in [4.69, 9.17) is 23.3 Å². The molecule has 0 aromatic rings. The quantitative estimate of drug-likeness (QED) is 0.0197. The van der Waals surface area contributed by atoms with E-state index in [9.17, 15) is 28.9 Å². The van der Waals surface area contributed by atoms with Crippen LogP contribution in [0.15, 0.2) is 122 Å². The Labute approximate surface area is 475 Å². The van der Waals surface area contributed by atoms with Crippen LogP contribution in [-0.4, -0.2) is 66.5 Å². The molecule has 3 atom stereocenters. The van der Waals surface area contributed by atoms with Crippen molar-refractivity contribution in [3.8, 4) is 0 Å². The molecule has 0 rings (SSSR count). The van der Waals surface area contributed by atoms with Gasteiger partial charge in [-0.25, -0.2) is 4.57 Å². The fraction of sp³-hybridized carbons (Fsp3) is 0.652. The first kappa shape index (κ1) is 73.9. The zero-order valence-corrected chi connectivity index (χ0v) is 50.0. The monoisotopic (exact) mass is 1110 g/mol. The van der Waals surface area contributed by atoms with Gasteiger partial charge in [-0.05, 0) is 103 Å². The zero-order chi connectivity index (χ0) is 56.9. The van der Waals surface area contributed by atoms with Crippen molar-refractivity contribution in [2.45, 2.75) is 251 Å². The van der Waals surface area contributed by atoms with E-state index >= 15 is 0 Å². The molecule has 3 unspecified atom stereocenters. The lowest BCUT2D eigenvalue weighted by molar-refractivity contribution is -0.161. The van der Waals surface area contributed by atoms with Gasteiger partial charge in [0.2, 0.25) is 0 Å². The summed E-state index contributed by atoms with van der Waals surface area (Å²) in [7, 11) is -4.78. The van der Waals surface area contributed by atoms with Crippen molar-refractivity contribution in [3.63, 3.8) is 0 Å². The van der Waals surface area contributed by atoms with Gasteiger partial charge in [-0.2, -0.15) is 0 Å². The number of allylic oxidation sites excluding steroid dienone is 20. The Bertz CT molecular complexity index is 1770. The van der Waals surface area contributed by atoms with Gasteiger partial charge in [0, 0.05) is 19.3 Å². The third kappa shape index (κ3) is 56.6. The van der Waals surface area contributed by atoms with Gasteiger partial charge in [0.05, 0.1) is 19.8 Å². The van der Waals surface area contributed by atoms with Crippen molar-refractivity contribution in [2.24, 2.45) is 0 Å². The van der Waals surface area contributed by atoms with Crippen LogP contribution < -0.4 is 0 Å². The van der Waals surface area contributed by atoms with Gasteiger partial charge < -0.3 is 24.2 Å². The van der Waals surface area contributed by atoms with Crippen LogP contribution in [-0.2, 0) is 42.2 Å². The molecule has 0 radical (unpaired) electrons. The molecule has 0 saturated carbocycles. The Balaban J connectivity index is 4.86. The number of ether oxygens (including phenoxy) is 3. The number of carbonyl (C=O) groups excluding carboxylic acids is 3. The second-order valence-electron chi connectivity index (χ2n) is 19.8. The molecule has 0 aliphatic heterocycles. The molecule has 0 aromatic carbocycles. The van der Waals surface area contributed by atoms with E-state index in [0.29, 0.717) is 25.7 Å². The van der Waals surface area contributed by atoms with Crippen LogP contribution >= 0.6 is 7.82 Å². The summed E-state index contributed by atoms with van der Waals surface area (Å²) in [5.74, 6) is -1.58. The number of esters is 3. The summed E-state index contributed by atoms with van der Waals surface area (Å²) in [6, 6.07) is 0. The number of carbonyl (C=O) groups is 3. The van der Waals surface area contributed by atoms with Crippen LogP contribution in [0.3, 0.4) is 0 Å². The minimum absolute atomic E-state index is 0.111. The molecule has 11 nitrogen and oxygen atoms in total. The average molecular weight is 1110 g/mol. The van der Waals surface area contributed by atoms with E-state index in [1.54, 1.807) is 0 Å². The van der Waals surface area contributed by atoms with Crippen LogP contribution in [0.25, 0.3) is 0 Å². The fourth-order valence-corrected chi connectivity index (χ4v) is 8.61. The average Bonchev–Trinajstić information content (AvgIpc) is 3.43. The number of phosphoric ester groups is 1. The molecule has 0 amide bonds. The van der Waals surface area contributed by atoms with Gasteiger partial charge in [-0.3, -0.25) is 23.4 Å². The summed E-state index contributed by atoms with van der Waals surface area (Å²) in [5.41, 5.74) is 0. The number of aliphatic hydroxyl groups excluding tert-OH is 1. The maximum atomic E-state index is 12.9. The third-order valence-electron chi connectivity index (χ3n) is 12.4. The van der Waals surface area contributed by atoms with E-state index in [1.165, 1.54) is 70.6 Å². The molecule has 0 fully saturated rings. The Morgan fingerprint density at radius 1 is 0.372 bits per heavy atom. The van der Waals surface area contributed by atoms with Crippen LogP contribution in [0.1, 0.15) is 239 Å². The predicted molar refractivity (Wildman–Crippen MR) is 325 cm³/mol. The SMILES string of the molecule is CC/C=C\C/C=C\C/C=C\C/C=C\C/C=C\CCCCCC(=O)OC(COC(=O)CCC/C=C\C/C=C\C/C=C\C/C=C\C/C=C\CC)COP(=O)(O)OCC(CO)OC(=O)CCCCCCCCCCCCCCCCC. The number of phosphoric acid groups is 1. The van der Waals surface area contributed by atoms with Gasteiger partial charge in [0.1, 0.15) is 12.7 Å². The predicted octanol–water partition coefficient (Wildman–Crippen LogP) is 18.4. The molecular weight excluding hydrogens is 1000 g/mol. The van der Waals surface area contributed by atoms with Crippen molar-refractivity contribution < 1.29 is 52.2 Å². The third-order valence-corrected chi connectivity index (χ3v) is 13.3. The summed E-state index contributed by atoms with van der Waals surface area (Å²) in [5, 5.41) is 9.84. The van der Waals surface area contributed by atoms with Crippen molar-refractivity contribution in [2.75, 3.05) is 26.4 Å². The Morgan fingerprint density at radius 3 is 1.06 bits per heavy atom. The highest BCUT2D eigenvalue weighted by atomic mass is 31.2. The summed E-state index contributed by atoms with van der Waals surface area (Å²) in [6.07, 6.45) is 73.0. The first-order chi connectivity index (χ1) is 38.2. The van der Waals surface area contributed by atoms with Crippen LogP contribution in [0.5, 0.6) is 0 Å². The maximum absolute atomic E-state index is 12.9. The lowest BCUT2D eigenvalue weighted by Gasteiger charge is -2.21. The lowest BCUT2D eigenvalue weighted by atomic mass is 10.0. The van der Waals surface area contributed by atoms with Crippen molar-refractivity contribution in [1.82, 2.24) is 0 Å². The van der Waals surface area contributed by atoms with E-state index < -0.39 is 57.8 Å². The number of rotatable bonds is 55. The topological polar surface area (TPSA) is 155 Å². The van der Waals surface area contributed by atoms with Gasteiger partial charge in [-0.15, -0.1) is 0 Å². The Morgan fingerprint density at radius 2 is 0.679 bits per heavy atom. The summed E-state index contributed by atoms with van der Waals surface area (Å²) >= 11 is 0. The molecule has 12 heteroatoms. The van der Waals surface area contributed by atoms with Crippen molar-refractivity contribution in [1.29, 1.82) is 0 Å². The molecule has 0 aromatic heterocycles. The maximum Gasteiger partial charge on any atom is 0.472 e. The molecule has 0 spiro atoms. The number of unbranched alkanes of at least 4 members (excludes halogenated alkanes) is 18. The highest BCUT2D eigenvalue weighted by molar-refractivity contribution is 7.47. The molecule has 0 aliphatic carbocycles. The first-order valence-corrected chi connectivity index (χ1v) is 31.9. The van der Waals surface area contributed by atoms with Crippen molar-refractivity contribution in [3.05, 3.63) is 122 Å². The second kappa shape index (κ2) is 59.0. The van der Waals surface area contributed by atoms with Gasteiger partial charge in [-0.1, -0.05) is 239 Å². The molecule has 0 aliphatic rings. The second-order valence-corrected chi connectivity index (χ2v) is 21.2. The van der Waals surface area contributed by atoms with Crippen molar-refractivity contribution >= 4 is 25.7 Å². The molecule has 0 saturated heterocycles. The first-order valence-electron chi connectivity index (χ1n) is 30.4. The molecule has 2 N–H and O–H groups in total. The van der Waals surface area contributed by atoms with E-state index in [-0.39, 0.29) is 25.9 Å². The summed E-state index contributed by atoms with van der Waals surface area (Å²) in [6.45, 7) is 4.32. The minimum Gasteiger partial charge on any atom is -0.462 e. The van der Waals surface area contributed by atoms with Crippen LogP contribution in [0.4, 0.5) is 0 Å². The summed E-state index contributed by atoms with van der Waals surface area (Å²) in [4.78, 5) is 48.6. The Hall–Kier alpha value is -4.12. The van der Waals surface area contributed by atoms with E-state index in [1.807, 2.05) is 6.08 Å². The normalized spacial score (nSPS) is 14.2. The standard InChI is InChI=1S/C66H109O11P/c1-4-7-10-13-16-19-22-25-28-30-31-33-36-39-42-45-48-51-54-57-66(70)77-63(59-73-64(68)55-52-49-46-43-40-37-35-32-29-26-23-20-17-14-11-8-5-2)61-75-78(71,72)74-60-62(58-67)76-65(69)56-53-50-47-44-41-38-34-27-24-21-18-15-12-9-6-3/h7-8,10-11,16-17,19-20,25-26,28-29,31,33,35,37,39,42-43,46,62-63,67H,4-6,9,12-15,18,21-24,27,30,32,34,36,38,40-41,44-45,47-61H2,1-3H3,(H,71,72)/b10-7-,11-8-,19-16-,20-17-,28-25-,29-26-,33-31-,37-35-,42-39-,46-43-. The largest absolute Gasteiger partial charge is 0.472 e. The Kier molecular flexibility index (Phi) is 55.9. The molecular formula is C66H109O11P. The van der Waals surface area contributed by atoms with Crippen LogP contribution in [0, 0.1) is 0 Å². The number of hydrogen-bond donors (Lipinski definition) is 2. The van der Waals surface area contributed by atoms with E-state index in [0.717, 1.165) is 103 Å². The van der Waals surface area contributed by atoms with Gasteiger partial charge in [0.25, 0.3) is 0 Å². The summed E-state index contributed by atoms with van der Waals surface area (Å²) < 4.78 is 39.5. The number of hydrogen-bond acceptors (Lipinski definition) is 10. The molecule has 0 bridgehead atoms. The minimum atomic E-state index is -4.78. The lowest BCUT2D eigenvalue weighted by Crippen LogP contribution is -2.30. The highest BCUT2D eigenvalue weighted by Crippen LogP contribution is 2.43. The highest BCUT2D eigenvalue weighted by Gasteiger charge is 2.28.